The van der Waals surface area contributed by atoms with Crippen LogP contribution in [0.25, 0.3) is 10.8 Å². The number of benzene rings is 1. The number of nitrogens with zero attached hydrogens (tertiary/aromatic N) is 3. The molecule has 0 bridgehead atoms. The van der Waals surface area contributed by atoms with Crippen molar-refractivity contribution in [2.45, 2.75) is 0 Å². The van der Waals surface area contributed by atoms with Crippen molar-refractivity contribution in [3.8, 4) is 0 Å². The normalized spacial score (nSPS) is 15.4. The second-order valence-corrected chi connectivity index (χ2v) is 4.81. The summed E-state index contributed by atoms with van der Waals surface area (Å²) in [5, 5.41) is 1.88. The molecule has 1 saturated heterocycles. The molecule has 1 aromatic heterocycles. The summed E-state index contributed by atoms with van der Waals surface area (Å²) in [6, 6.07) is 9.64. The van der Waals surface area contributed by atoms with Crippen molar-refractivity contribution in [3.63, 3.8) is 0 Å². The van der Waals surface area contributed by atoms with E-state index in [9.17, 15) is 9.59 Å². The van der Waals surface area contributed by atoms with Crippen molar-refractivity contribution in [1.82, 2.24) is 14.8 Å². The largest absolute Gasteiger partial charge is 0.342 e. The molecule has 0 radical (unpaired) electrons. The molecule has 0 saturated carbocycles. The molecule has 0 aliphatic carbocycles. The van der Waals surface area contributed by atoms with Crippen molar-refractivity contribution in [3.05, 3.63) is 42.2 Å². The smallest absolute Gasteiger partial charge is 0.273 e. The lowest BCUT2D eigenvalue weighted by atomic mass is 10.1. The summed E-state index contributed by atoms with van der Waals surface area (Å²) in [6.07, 6.45) is 2.50. The molecule has 20 heavy (non-hydrogen) atoms. The number of amides is 2. The number of piperazine rings is 1. The summed E-state index contributed by atoms with van der Waals surface area (Å²) < 4.78 is 0. The first-order valence-electron chi connectivity index (χ1n) is 6.62. The Morgan fingerprint density at radius 1 is 1.10 bits per heavy atom. The van der Waals surface area contributed by atoms with Crippen LogP contribution in [0.2, 0.25) is 0 Å². The Bertz CT molecular complexity index is 643. The van der Waals surface area contributed by atoms with Crippen LogP contribution in [-0.4, -0.2) is 53.3 Å². The molecule has 0 spiro atoms. The van der Waals surface area contributed by atoms with Crippen LogP contribution in [-0.2, 0) is 4.79 Å². The van der Waals surface area contributed by atoms with E-state index in [-0.39, 0.29) is 5.91 Å². The molecule has 102 valence electrons. The summed E-state index contributed by atoms with van der Waals surface area (Å²) in [5.74, 6) is -0.0626. The van der Waals surface area contributed by atoms with Crippen LogP contribution >= 0.6 is 0 Å². The SMILES string of the molecule is O=CN1CCN(C(=O)c2nccc3ccccc23)CC1. The minimum Gasteiger partial charge on any atom is -0.342 e. The Morgan fingerprint density at radius 2 is 1.85 bits per heavy atom. The van der Waals surface area contributed by atoms with E-state index < -0.39 is 0 Å². The highest BCUT2D eigenvalue weighted by Gasteiger charge is 2.23. The van der Waals surface area contributed by atoms with Gasteiger partial charge in [0.05, 0.1) is 0 Å². The molecule has 1 aliphatic rings. The van der Waals surface area contributed by atoms with E-state index in [1.54, 1.807) is 16.0 Å². The van der Waals surface area contributed by atoms with Crippen molar-refractivity contribution in [1.29, 1.82) is 0 Å². The minimum atomic E-state index is -0.0626. The molecule has 5 heteroatoms. The fourth-order valence-electron chi connectivity index (χ4n) is 2.47. The monoisotopic (exact) mass is 269 g/mol. The topological polar surface area (TPSA) is 53.5 Å². The summed E-state index contributed by atoms with van der Waals surface area (Å²) in [7, 11) is 0. The predicted molar refractivity (Wildman–Crippen MR) is 75.3 cm³/mol. The molecule has 1 aliphatic heterocycles. The Balaban J connectivity index is 1.88. The van der Waals surface area contributed by atoms with Gasteiger partial charge in [-0.3, -0.25) is 14.6 Å². The average Bonchev–Trinajstić information content (AvgIpc) is 2.54. The van der Waals surface area contributed by atoms with Crippen LogP contribution in [0.15, 0.2) is 36.5 Å². The molecule has 0 N–H and O–H groups in total. The molecule has 2 amide bonds. The highest BCUT2D eigenvalue weighted by Crippen LogP contribution is 2.18. The second kappa shape index (κ2) is 5.28. The molecule has 0 atom stereocenters. The van der Waals surface area contributed by atoms with Gasteiger partial charge in [0, 0.05) is 37.8 Å². The molecule has 0 unspecified atom stereocenters. The van der Waals surface area contributed by atoms with Gasteiger partial charge in [-0.15, -0.1) is 0 Å². The van der Waals surface area contributed by atoms with Gasteiger partial charge in [0.15, 0.2) is 0 Å². The zero-order valence-electron chi connectivity index (χ0n) is 11.0. The number of aromatic nitrogens is 1. The summed E-state index contributed by atoms with van der Waals surface area (Å²) in [5.41, 5.74) is 0.489. The highest BCUT2D eigenvalue weighted by atomic mass is 16.2. The third-order valence-corrected chi connectivity index (χ3v) is 3.63. The fourth-order valence-corrected chi connectivity index (χ4v) is 2.47. The quantitative estimate of drug-likeness (QED) is 0.768. The maximum absolute atomic E-state index is 12.6. The molecule has 1 aromatic carbocycles. The molecule has 2 heterocycles. The number of hydrogen-bond acceptors (Lipinski definition) is 3. The number of hydrogen-bond donors (Lipinski definition) is 0. The van der Waals surface area contributed by atoms with E-state index in [2.05, 4.69) is 4.98 Å². The van der Waals surface area contributed by atoms with Gasteiger partial charge in [0.1, 0.15) is 5.69 Å². The van der Waals surface area contributed by atoms with Gasteiger partial charge in [-0.1, -0.05) is 24.3 Å². The van der Waals surface area contributed by atoms with E-state index in [0.29, 0.717) is 31.9 Å². The zero-order valence-corrected chi connectivity index (χ0v) is 11.0. The van der Waals surface area contributed by atoms with E-state index in [1.807, 2.05) is 30.3 Å². The first kappa shape index (κ1) is 12.6. The zero-order chi connectivity index (χ0) is 13.9. The predicted octanol–water partition coefficient (Wildman–Crippen LogP) is 1.15. The van der Waals surface area contributed by atoms with Gasteiger partial charge in [-0.05, 0) is 11.5 Å². The number of fused-ring (bicyclic) bond motifs is 1. The first-order valence-corrected chi connectivity index (χ1v) is 6.62. The number of carbonyl (C=O) groups excluding carboxylic acids is 2. The number of carbonyl (C=O) groups is 2. The van der Waals surface area contributed by atoms with Crippen molar-refractivity contribution >= 4 is 23.1 Å². The first-order chi connectivity index (χ1) is 9.79. The highest BCUT2D eigenvalue weighted by molar-refractivity contribution is 6.05. The molecule has 5 nitrogen and oxygen atoms in total. The van der Waals surface area contributed by atoms with Gasteiger partial charge < -0.3 is 9.80 Å². The Kier molecular flexibility index (Phi) is 3.33. The third-order valence-electron chi connectivity index (χ3n) is 3.63. The van der Waals surface area contributed by atoms with E-state index in [1.165, 1.54) is 0 Å². The van der Waals surface area contributed by atoms with E-state index >= 15 is 0 Å². The van der Waals surface area contributed by atoms with E-state index in [4.69, 9.17) is 0 Å². The molecular formula is C15H15N3O2. The van der Waals surface area contributed by atoms with Crippen LogP contribution in [0.5, 0.6) is 0 Å². The van der Waals surface area contributed by atoms with Gasteiger partial charge >= 0.3 is 0 Å². The minimum absolute atomic E-state index is 0.0626. The Hall–Kier alpha value is -2.43. The van der Waals surface area contributed by atoms with Gasteiger partial charge in [0.25, 0.3) is 5.91 Å². The van der Waals surface area contributed by atoms with Crippen molar-refractivity contribution in [2.24, 2.45) is 0 Å². The molecular weight excluding hydrogens is 254 g/mol. The molecule has 2 aromatic rings. The van der Waals surface area contributed by atoms with Crippen LogP contribution in [0.1, 0.15) is 10.5 Å². The summed E-state index contributed by atoms with van der Waals surface area (Å²) in [4.78, 5) is 30.9. The van der Waals surface area contributed by atoms with Crippen LogP contribution in [0.3, 0.4) is 0 Å². The lowest BCUT2D eigenvalue weighted by Crippen LogP contribution is -2.48. The number of rotatable bonds is 2. The Morgan fingerprint density at radius 3 is 2.60 bits per heavy atom. The summed E-state index contributed by atoms with van der Waals surface area (Å²) >= 11 is 0. The standard InChI is InChI=1S/C15H15N3O2/c19-11-17-7-9-18(10-8-17)15(20)14-13-4-2-1-3-12(13)5-6-16-14/h1-6,11H,7-10H2. The van der Waals surface area contributed by atoms with Crippen LogP contribution in [0.4, 0.5) is 0 Å². The van der Waals surface area contributed by atoms with Gasteiger partial charge in [-0.2, -0.15) is 0 Å². The Labute approximate surface area is 116 Å². The maximum atomic E-state index is 12.6. The fraction of sp³-hybridized carbons (Fsp3) is 0.267. The van der Waals surface area contributed by atoms with Crippen LogP contribution in [0, 0.1) is 0 Å². The van der Waals surface area contributed by atoms with Gasteiger partial charge in [-0.25, -0.2) is 0 Å². The maximum Gasteiger partial charge on any atom is 0.273 e. The lowest BCUT2D eigenvalue weighted by Gasteiger charge is -2.32. The number of pyridine rings is 1. The van der Waals surface area contributed by atoms with E-state index in [0.717, 1.165) is 17.2 Å². The van der Waals surface area contributed by atoms with Crippen molar-refractivity contribution in [2.75, 3.05) is 26.2 Å². The molecule has 1 fully saturated rings. The van der Waals surface area contributed by atoms with Crippen molar-refractivity contribution < 1.29 is 9.59 Å². The third kappa shape index (κ3) is 2.22. The van der Waals surface area contributed by atoms with Gasteiger partial charge in [0.2, 0.25) is 6.41 Å². The summed E-state index contributed by atoms with van der Waals surface area (Å²) in [6.45, 7) is 2.28. The van der Waals surface area contributed by atoms with Crippen LogP contribution < -0.4 is 0 Å². The lowest BCUT2D eigenvalue weighted by molar-refractivity contribution is -0.119. The average molecular weight is 269 g/mol. The molecule has 3 rings (SSSR count). The second-order valence-electron chi connectivity index (χ2n) is 4.81.